The Balaban J connectivity index is 2.05. The molecule has 0 radical (unpaired) electrons. The van der Waals surface area contributed by atoms with Crippen LogP contribution in [-0.2, 0) is 0 Å². The zero-order chi connectivity index (χ0) is 14.0. The number of aryl methyl sites for hydroxylation is 3. The predicted molar refractivity (Wildman–Crippen MR) is 78.3 cm³/mol. The van der Waals surface area contributed by atoms with E-state index in [1.807, 2.05) is 13.8 Å². The van der Waals surface area contributed by atoms with Gasteiger partial charge in [0.05, 0.1) is 0 Å². The van der Waals surface area contributed by atoms with Crippen molar-refractivity contribution in [2.24, 2.45) is 11.1 Å². The van der Waals surface area contributed by atoms with Gasteiger partial charge in [-0.25, -0.2) is 0 Å². The van der Waals surface area contributed by atoms with E-state index in [-0.39, 0.29) is 11.3 Å². The monoisotopic (exact) mass is 260 g/mol. The number of nitrogens with one attached hydrogen (secondary N) is 1. The predicted octanol–water partition coefficient (Wildman–Crippen LogP) is 2.47. The highest BCUT2D eigenvalue weighted by Crippen LogP contribution is 2.47. The standard InChI is InChI=1S/C16H24N2O/c1-11-8-12(2)14(13(3)9-11)15(19)18-10-16(4-5-16)6-7-17/h8-9H,4-7,10,17H2,1-3H3,(H,18,19). The fourth-order valence-corrected chi connectivity index (χ4v) is 2.89. The lowest BCUT2D eigenvalue weighted by Gasteiger charge is -2.17. The van der Waals surface area contributed by atoms with E-state index in [4.69, 9.17) is 5.73 Å². The van der Waals surface area contributed by atoms with E-state index in [0.717, 1.165) is 29.7 Å². The lowest BCUT2D eigenvalue weighted by molar-refractivity contribution is 0.0943. The van der Waals surface area contributed by atoms with Crippen molar-refractivity contribution < 1.29 is 4.79 Å². The first-order valence-corrected chi connectivity index (χ1v) is 7.03. The third-order valence-electron chi connectivity index (χ3n) is 4.16. The number of carbonyl (C=O) groups excluding carboxylic acids is 1. The molecule has 19 heavy (non-hydrogen) atoms. The lowest BCUT2D eigenvalue weighted by atomic mass is 9.98. The van der Waals surface area contributed by atoms with Crippen molar-refractivity contribution in [3.8, 4) is 0 Å². The zero-order valence-corrected chi connectivity index (χ0v) is 12.2. The number of carbonyl (C=O) groups is 1. The Morgan fingerprint density at radius 3 is 2.32 bits per heavy atom. The molecule has 1 saturated carbocycles. The summed E-state index contributed by atoms with van der Waals surface area (Å²) in [5, 5.41) is 3.09. The van der Waals surface area contributed by atoms with Crippen LogP contribution in [0.1, 0.15) is 46.3 Å². The second kappa shape index (κ2) is 5.33. The van der Waals surface area contributed by atoms with Crippen molar-refractivity contribution in [2.45, 2.75) is 40.0 Å². The minimum Gasteiger partial charge on any atom is -0.351 e. The molecule has 2 rings (SSSR count). The minimum atomic E-state index is 0.0540. The van der Waals surface area contributed by atoms with E-state index in [0.29, 0.717) is 6.54 Å². The van der Waals surface area contributed by atoms with Crippen LogP contribution in [0.25, 0.3) is 0 Å². The summed E-state index contributed by atoms with van der Waals surface area (Å²) in [6.45, 7) is 7.53. The molecule has 3 nitrogen and oxygen atoms in total. The highest BCUT2D eigenvalue weighted by atomic mass is 16.1. The van der Waals surface area contributed by atoms with Gasteiger partial charge in [0.1, 0.15) is 0 Å². The first-order valence-electron chi connectivity index (χ1n) is 7.03. The molecule has 1 aliphatic carbocycles. The number of rotatable bonds is 5. The highest BCUT2D eigenvalue weighted by Gasteiger charge is 2.41. The molecular weight excluding hydrogens is 236 g/mol. The molecule has 0 unspecified atom stereocenters. The average Bonchev–Trinajstić information content (AvgIpc) is 3.06. The van der Waals surface area contributed by atoms with E-state index in [9.17, 15) is 4.79 Å². The second-order valence-electron chi connectivity index (χ2n) is 6.00. The number of benzene rings is 1. The van der Waals surface area contributed by atoms with Gasteiger partial charge < -0.3 is 11.1 Å². The van der Waals surface area contributed by atoms with Crippen LogP contribution in [0.15, 0.2) is 12.1 Å². The Morgan fingerprint density at radius 2 is 1.84 bits per heavy atom. The van der Waals surface area contributed by atoms with Crippen LogP contribution in [0, 0.1) is 26.2 Å². The van der Waals surface area contributed by atoms with Crippen LogP contribution in [0.2, 0.25) is 0 Å². The van der Waals surface area contributed by atoms with Crippen molar-refractivity contribution in [1.82, 2.24) is 5.32 Å². The zero-order valence-electron chi connectivity index (χ0n) is 12.2. The summed E-state index contributed by atoms with van der Waals surface area (Å²) in [5.74, 6) is 0.0540. The minimum absolute atomic E-state index is 0.0540. The Hall–Kier alpha value is -1.35. The largest absolute Gasteiger partial charge is 0.351 e. The van der Waals surface area contributed by atoms with Gasteiger partial charge in [-0.15, -0.1) is 0 Å². The SMILES string of the molecule is Cc1cc(C)c(C(=O)NCC2(CCN)CC2)c(C)c1. The average molecular weight is 260 g/mol. The van der Waals surface area contributed by atoms with Crippen molar-refractivity contribution in [2.75, 3.05) is 13.1 Å². The normalized spacial score (nSPS) is 16.2. The third kappa shape index (κ3) is 3.16. The first kappa shape index (κ1) is 14.1. The van der Waals surface area contributed by atoms with E-state index in [1.54, 1.807) is 0 Å². The maximum atomic E-state index is 12.3. The molecule has 3 heteroatoms. The fourth-order valence-electron chi connectivity index (χ4n) is 2.89. The van der Waals surface area contributed by atoms with Crippen LogP contribution >= 0.6 is 0 Å². The van der Waals surface area contributed by atoms with Crippen LogP contribution in [0.4, 0.5) is 0 Å². The van der Waals surface area contributed by atoms with Gasteiger partial charge in [0.25, 0.3) is 5.91 Å². The summed E-state index contributed by atoms with van der Waals surface area (Å²) in [6, 6.07) is 4.13. The molecule has 104 valence electrons. The summed E-state index contributed by atoms with van der Waals surface area (Å²) in [4.78, 5) is 12.3. The van der Waals surface area contributed by atoms with Crippen LogP contribution < -0.4 is 11.1 Å². The van der Waals surface area contributed by atoms with Crippen molar-refractivity contribution in [1.29, 1.82) is 0 Å². The molecule has 0 heterocycles. The topological polar surface area (TPSA) is 55.1 Å². The lowest BCUT2D eigenvalue weighted by Crippen LogP contribution is -2.32. The summed E-state index contributed by atoms with van der Waals surface area (Å²) >= 11 is 0. The maximum Gasteiger partial charge on any atom is 0.251 e. The summed E-state index contributed by atoms with van der Waals surface area (Å²) < 4.78 is 0. The van der Waals surface area contributed by atoms with Gasteiger partial charge in [0.15, 0.2) is 0 Å². The van der Waals surface area contributed by atoms with Gasteiger partial charge >= 0.3 is 0 Å². The Kier molecular flexibility index (Phi) is 3.95. The Morgan fingerprint density at radius 1 is 1.26 bits per heavy atom. The van der Waals surface area contributed by atoms with Crippen molar-refractivity contribution in [3.05, 3.63) is 34.4 Å². The summed E-state index contributed by atoms with van der Waals surface area (Å²) in [6.07, 6.45) is 3.39. The van der Waals surface area contributed by atoms with Crippen molar-refractivity contribution in [3.63, 3.8) is 0 Å². The Labute approximate surface area is 115 Å². The van der Waals surface area contributed by atoms with E-state index in [1.165, 1.54) is 18.4 Å². The van der Waals surface area contributed by atoms with Gasteiger partial charge in [-0.3, -0.25) is 4.79 Å². The number of amides is 1. The number of hydrogen-bond acceptors (Lipinski definition) is 2. The molecular formula is C16H24N2O. The molecule has 1 amide bonds. The Bertz CT molecular complexity index is 467. The van der Waals surface area contributed by atoms with Crippen molar-refractivity contribution >= 4 is 5.91 Å². The summed E-state index contributed by atoms with van der Waals surface area (Å²) in [5.41, 5.74) is 10.1. The van der Waals surface area contributed by atoms with Crippen LogP contribution in [0.3, 0.4) is 0 Å². The maximum absolute atomic E-state index is 12.3. The quantitative estimate of drug-likeness (QED) is 0.854. The first-order chi connectivity index (χ1) is 8.97. The van der Waals surface area contributed by atoms with E-state index in [2.05, 4.69) is 24.4 Å². The van der Waals surface area contributed by atoms with Crippen LogP contribution in [-0.4, -0.2) is 19.0 Å². The van der Waals surface area contributed by atoms with Gasteiger partial charge in [0.2, 0.25) is 0 Å². The molecule has 0 saturated heterocycles. The van der Waals surface area contributed by atoms with Crippen LogP contribution in [0.5, 0.6) is 0 Å². The molecule has 1 aromatic carbocycles. The molecule has 0 atom stereocenters. The molecule has 1 aromatic rings. The molecule has 0 aromatic heterocycles. The third-order valence-corrected chi connectivity index (χ3v) is 4.16. The molecule has 1 fully saturated rings. The fraction of sp³-hybridized carbons (Fsp3) is 0.562. The molecule has 3 N–H and O–H groups in total. The number of hydrogen-bond donors (Lipinski definition) is 2. The smallest absolute Gasteiger partial charge is 0.251 e. The molecule has 0 aliphatic heterocycles. The van der Waals surface area contributed by atoms with Gasteiger partial charge in [-0.1, -0.05) is 17.7 Å². The van der Waals surface area contributed by atoms with Gasteiger partial charge in [-0.05, 0) is 63.1 Å². The summed E-state index contributed by atoms with van der Waals surface area (Å²) in [7, 11) is 0. The highest BCUT2D eigenvalue weighted by molar-refractivity contribution is 5.97. The molecule has 0 bridgehead atoms. The second-order valence-corrected chi connectivity index (χ2v) is 6.00. The van der Waals surface area contributed by atoms with Gasteiger partial charge in [0, 0.05) is 12.1 Å². The van der Waals surface area contributed by atoms with Gasteiger partial charge in [-0.2, -0.15) is 0 Å². The number of nitrogens with two attached hydrogens (primary N) is 1. The molecule has 0 spiro atoms. The van der Waals surface area contributed by atoms with E-state index < -0.39 is 0 Å². The molecule has 1 aliphatic rings. The van der Waals surface area contributed by atoms with E-state index >= 15 is 0 Å².